The van der Waals surface area contributed by atoms with Gasteiger partial charge in [0.1, 0.15) is 5.69 Å². The van der Waals surface area contributed by atoms with Crippen molar-refractivity contribution < 1.29 is 13.9 Å². The highest BCUT2D eigenvalue weighted by Gasteiger charge is 2.22. The lowest BCUT2D eigenvalue weighted by Gasteiger charge is -2.18. The molecule has 0 atom stereocenters. The van der Waals surface area contributed by atoms with Gasteiger partial charge in [-0.05, 0) is 36.2 Å². The Morgan fingerprint density at radius 1 is 1.22 bits per heavy atom. The quantitative estimate of drug-likeness (QED) is 0.514. The number of halogens is 2. The van der Waals surface area contributed by atoms with Gasteiger partial charge in [-0.3, -0.25) is 9.82 Å². The zero-order valence-electron chi connectivity index (χ0n) is 11.4. The van der Waals surface area contributed by atoms with Crippen LogP contribution in [-0.4, -0.2) is 21.3 Å². The van der Waals surface area contributed by atoms with Crippen LogP contribution in [0, 0.1) is 11.6 Å². The van der Waals surface area contributed by atoms with Crippen LogP contribution in [0.3, 0.4) is 0 Å². The average Bonchev–Trinajstić information content (AvgIpc) is 3.01. The topological polar surface area (TPSA) is 85.3 Å². The number of aliphatic imine (C=N–C) groups is 1. The van der Waals surface area contributed by atoms with Crippen molar-refractivity contribution in [3.05, 3.63) is 42.1 Å². The zero-order valence-corrected chi connectivity index (χ0v) is 12.2. The molecular weight excluding hydrogens is 324 g/mol. The Bertz CT molecular complexity index is 956. The van der Waals surface area contributed by atoms with Gasteiger partial charge < -0.3 is 10.4 Å². The van der Waals surface area contributed by atoms with Crippen molar-refractivity contribution >= 4 is 40.2 Å². The van der Waals surface area contributed by atoms with Crippen molar-refractivity contribution in [1.82, 2.24) is 14.9 Å². The van der Waals surface area contributed by atoms with Gasteiger partial charge in [0.05, 0.1) is 16.6 Å². The second kappa shape index (κ2) is 5.13. The molecule has 0 fully saturated rings. The number of aromatic nitrogens is 2. The van der Waals surface area contributed by atoms with Crippen molar-refractivity contribution in [3.63, 3.8) is 0 Å². The standard InChI is InChI=1S/C14H9F2N5OS/c15-8-4-10-12(13(22)11(8)16)19-14(21-23-10)18-7-2-1-6-5-17-20-9(6)3-7/h1-5,22H,(H,17,20)(H2,18,19,21). The summed E-state index contributed by atoms with van der Waals surface area (Å²) < 4.78 is 29.6. The van der Waals surface area contributed by atoms with Gasteiger partial charge in [0, 0.05) is 11.1 Å². The molecule has 0 saturated heterocycles. The summed E-state index contributed by atoms with van der Waals surface area (Å²) in [6, 6.07) is 6.52. The van der Waals surface area contributed by atoms with Crippen molar-refractivity contribution in [2.24, 2.45) is 4.99 Å². The molecule has 3 aromatic rings. The molecule has 2 aromatic carbocycles. The number of guanidine groups is 1. The van der Waals surface area contributed by atoms with Crippen LogP contribution in [0.15, 0.2) is 40.4 Å². The lowest BCUT2D eigenvalue weighted by atomic mass is 10.2. The van der Waals surface area contributed by atoms with Crippen LogP contribution in [0.4, 0.5) is 20.2 Å². The Kier molecular flexibility index (Phi) is 3.08. The van der Waals surface area contributed by atoms with Crippen LogP contribution >= 0.6 is 11.9 Å². The molecule has 0 radical (unpaired) electrons. The van der Waals surface area contributed by atoms with E-state index in [4.69, 9.17) is 0 Å². The summed E-state index contributed by atoms with van der Waals surface area (Å²) in [6.07, 6.45) is 1.71. The third-order valence-corrected chi connectivity index (χ3v) is 4.15. The van der Waals surface area contributed by atoms with Gasteiger partial charge in [-0.15, -0.1) is 0 Å². The monoisotopic (exact) mass is 333 g/mol. The van der Waals surface area contributed by atoms with Crippen LogP contribution in [-0.2, 0) is 0 Å². The highest BCUT2D eigenvalue weighted by molar-refractivity contribution is 7.98. The summed E-state index contributed by atoms with van der Waals surface area (Å²) in [5, 5.41) is 20.5. The molecule has 2 heterocycles. The Labute approximate surface area is 132 Å². The molecule has 1 aliphatic rings. The minimum atomic E-state index is -1.31. The predicted octanol–water partition coefficient (Wildman–Crippen LogP) is 3.26. The summed E-state index contributed by atoms with van der Waals surface area (Å²) in [5.41, 5.74) is 1.55. The second-order valence-corrected chi connectivity index (χ2v) is 5.68. The molecule has 1 aromatic heterocycles. The van der Waals surface area contributed by atoms with E-state index in [2.05, 4.69) is 25.2 Å². The highest BCUT2D eigenvalue weighted by atomic mass is 32.2. The number of anilines is 1. The maximum atomic E-state index is 13.5. The maximum Gasteiger partial charge on any atom is 0.211 e. The first-order chi connectivity index (χ1) is 11.1. The fourth-order valence-corrected chi connectivity index (χ4v) is 2.91. The van der Waals surface area contributed by atoms with E-state index in [0.717, 1.165) is 34.6 Å². The number of rotatable bonds is 1. The van der Waals surface area contributed by atoms with E-state index >= 15 is 0 Å². The van der Waals surface area contributed by atoms with Gasteiger partial charge in [-0.2, -0.15) is 9.49 Å². The van der Waals surface area contributed by atoms with Gasteiger partial charge in [0.25, 0.3) is 0 Å². The van der Waals surface area contributed by atoms with Gasteiger partial charge >= 0.3 is 0 Å². The van der Waals surface area contributed by atoms with Crippen molar-refractivity contribution in [2.45, 2.75) is 4.90 Å². The molecule has 0 saturated carbocycles. The normalized spacial score (nSPS) is 13.4. The highest BCUT2D eigenvalue weighted by Crippen LogP contribution is 2.41. The Morgan fingerprint density at radius 3 is 2.96 bits per heavy atom. The lowest BCUT2D eigenvalue weighted by molar-refractivity contribution is 0.406. The summed E-state index contributed by atoms with van der Waals surface area (Å²) in [4.78, 5) is 4.40. The number of aromatic amines is 1. The van der Waals surface area contributed by atoms with Gasteiger partial charge in [0.15, 0.2) is 11.6 Å². The number of phenols is 1. The van der Waals surface area contributed by atoms with Crippen LogP contribution in [0.2, 0.25) is 0 Å². The summed E-state index contributed by atoms with van der Waals surface area (Å²) >= 11 is 1.03. The number of aromatic hydroxyl groups is 1. The molecule has 4 N–H and O–H groups in total. The third-order valence-electron chi connectivity index (χ3n) is 3.32. The number of hydrogen-bond donors (Lipinski definition) is 4. The number of benzene rings is 2. The van der Waals surface area contributed by atoms with E-state index in [9.17, 15) is 13.9 Å². The SMILES string of the molecule is Oc1c(F)c(F)cc2c1N=C(Nc1ccc3cn[nH]c3c1)NS2. The van der Waals surface area contributed by atoms with Gasteiger partial charge in [-0.25, -0.2) is 9.38 Å². The van der Waals surface area contributed by atoms with E-state index < -0.39 is 17.4 Å². The largest absolute Gasteiger partial charge is 0.503 e. The number of phenolic OH excluding ortho intramolecular Hbond substituents is 1. The number of hydrogen-bond acceptors (Lipinski definition) is 6. The third kappa shape index (κ3) is 2.34. The number of H-pyrrole nitrogens is 1. The molecule has 23 heavy (non-hydrogen) atoms. The minimum absolute atomic E-state index is 0.0160. The van der Waals surface area contributed by atoms with Crippen LogP contribution < -0.4 is 10.0 Å². The summed E-state index contributed by atoms with van der Waals surface area (Å²) in [7, 11) is 0. The smallest absolute Gasteiger partial charge is 0.211 e. The van der Waals surface area contributed by atoms with Crippen molar-refractivity contribution in [2.75, 3.05) is 5.32 Å². The van der Waals surface area contributed by atoms with Gasteiger partial charge in [-0.1, -0.05) is 0 Å². The fraction of sp³-hybridized carbons (Fsp3) is 0. The predicted molar refractivity (Wildman–Crippen MR) is 83.8 cm³/mol. The Morgan fingerprint density at radius 2 is 2.09 bits per heavy atom. The molecule has 0 spiro atoms. The number of fused-ring (bicyclic) bond motifs is 2. The van der Waals surface area contributed by atoms with Crippen LogP contribution in [0.25, 0.3) is 10.9 Å². The van der Waals surface area contributed by atoms with E-state index in [1.807, 2.05) is 18.2 Å². The maximum absolute atomic E-state index is 13.5. The molecule has 0 amide bonds. The fourth-order valence-electron chi connectivity index (χ4n) is 2.21. The molecule has 6 nitrogen and oxygen atoms in total. The molecule has 0 bridgehead atoms. The van der Waals surface area contributed by atoms with E-state index in [1.165, 1.54) is 0 Å². The molecule has 9 heteroatoms. The Balaban J connectivity index is 1.69. The van der Waals surface area contributed by atoms with E-state index in [1.54, 1.807) is 6.20 Å². The molecule has 4 rings (SSSR count). The molecule has 0 aliphatic carbocycles. The van der Waals surface area contributed by atoms with Crippen LogP contribution in [0.1, 0.15) is 0 Å². The lowest BCUT2D eigenvalue weighted by Crippen LogP contribution is -2.27. The first-order valence-corrected chi connectivity index (χ1v) is 7.36. The van der Waals surface area contributed by atoms with E-state index in [0.29, 0.717) is 10.9 Å². The van der Waals surface area contributed by atoms with Crippen LogP contribution in [0.5, 0.6) is 5.75 Å². The Hall–Kier alpha value is -2.81. The summed E-state index contributed by atoms with van der Waals surface area (Å²) in [6.45, 7) is 0. The zero-order chi connectivity index (χ0) is 16.0. The molecule has 0 unspecified atom stereocenters. The van der Waals surface area contributed by atoms with Crippen molar-refractivity contribution in [3.8, 4) is 5.75 Å². The van der Waals surface area contributed by atoms with Gasteiger partial charge in [0.2, 0.25) is 11.8 Å². The van der Waals surface area contributed by atoms with Crippen molar-refractivity contribution in [1.29, 1.82) is 0 Å². The number of nitrogens with zero attached hydrogens (tertiary/aromatic N) is 2. The molecule has 116 valence electrons. The first-order valence-electron chi connectivity index (χ1n) is 6.54. The molecule has 1 aliphatic heterocycles. The molecular formula is C14H9F2N5OS. The van der Waals surface area contributed by atoms with E-state index in [-0.39, 0.29) is 5.69 Å². The minimum Gasteiger partial charge on any atom is -0.503 e. The number of nitrogens with one attached hydrogen (secondary N) is 3. The second-order valence-electron chi connectivity index (χ2n) is 4.83. The average molecular weight is 333 g/mol. The first kappa shape index (κ1) is 13.8. The summed E-state index contributed by atoms with van der Waals surface area (Å²) in [5.74, 6) is -2.94.